The highest BCUT2D eigenvalue weighted by atomic mass is 16.5. The van der Waals surface area contributed by atoms with Crippen molar-refractivity contribution in [2.75, 3.05) is 6.61 Å². The van der Waals surface area contributed by atoms with Crippen molar-refractivity contribution in [3.05, 3.63) is 34.9 Å². The van der Waals surface area contributed by atoms with Crippen LogP contribution in [-0.2, 0) is 28.8 Å². The number of nitrogens with two attached hydrogens (primary N) is 1. The normalized spacial score (nSPS) is 17.9. The molecule has 0 radical (unpaired) electrons. The summed E-state index contributed by atoms with van der Waals surface area (Å²) >= 11 is 0. The molecular formula is C14H19NO2. The van der Waals surface area contributed by atoms with Gasteiger partial charge in [0.2, 0.25) is 0 Å². The summed E-state index contributed by atoms with van der Waals surface area (Å²) in [6.07, 6.45) is 3.12. The Labute approximate surface area is 102 Å². The van der Waals surface area contributed by atoms with Gasteiger partial charge in [0, 0.05) is 12.5 Å². The molecule has 1 aromatic rings. The van der Waals surface area contributed by atoms with E-state index in [1.165, 1.54) is 16.7 Å². The summed E-state index contributed by atoms with van der Waals surface area (Å²) in [4.78, 5) is 11.3. The van der Waals surface area contributed by atoms with Crippen LogP contribution < -0.4 is 5.73 Å². The Kier molecular flexibility index (Phi) is 3.79. The second kappa shape index (κ2) is 5.32. The lowest BCUT2D eigenvalue weighted by Crippen LogP contribution is -2.19. The zero-order valence-electron chi connectivity index (χ0n) is 10.2. The predicted molar refractivity (Wildman–Crippen MR) is 66.8 cm³/mol. The van der Waals surface area contributed by atoms with E-state index in [1.54, 1.807) is 0 Å². The molecule has 0 fully saturated rings. The van der Waals surface area contributed by atoms with Crippen LogP contribution in [0.2, 0.25) is 0 Å². The van der Waals surface area contributed by atoms with E-state index in [0.717, 1.165) is 19.3 Å². The van der Waals surface area contributed by atoms with Gasteiger partial charge in [-0.15, -0.1) is 0 Å². The van der Waals surface area contributed by atoms with Gasteiger partial charge in [-0.2, -0.15) is 0 Å². The molecule has 92 valence electrons. The number of hydrogen-bond donors (Lipinski definition) is 1. The molecule has 1 aromatic carbocycles. The number of rotatable bonds is 4. The fraction of sp³-hybridized carbons (Fsp3) is 0.500. The maximum atomic E-state index is 11.3. The Morgan fingerprint density at radius 3 is 3.06 bits per heavy atom. The fourth-order valence-electron chi connectivity index (χ4n) is 2.46. The third-order valence-electron chi connectivity index (χ3n) is 3.22. The van der Waals surface area contributed by atoms with E-state index in [2.05, 4.69) is 18.2 Å². The Morgan fingerprint density at radius 2 is 2.29 bits per heavy atom. The van der Waals surface area contributed by atoms with Gasteiger partial charge >= 0.3 is 5.97 Å². The predicted octanol–water partition coefficient (Wildman–Crippen LogP) is 1.61. The third-order valence-corrected chi connectivity index (χ3v) is 3.22. The zero-order chi connectivity index (χ0) is 12.3. The van der Waals surface area contributed by atoms with Crippen LogP contribution in [0.25, 0.3) is 0 Å². The first-order chi connectivity index (χ1) is 8.20. The Hall–Kier alpha value is -1.35. The lowest BCUT2D eigenvalue weighted by Gasteiger charge is -2.08. The van der Waals surface area contributed by atoms with Crippen molar-refractivity contribution in [3.8, 4) is 0 Å². The van der Waals surface area contributed by atoms with E-state index in [9.17, 15) is 4.79 Å². The Morgan fingerprint density at radius 1 is 1.47 bits per heavy atom. The van der Waals surface area contributed by atoms with E-state index in [0.29, 0.717) is 13.0 Å². The minimum absolute atomic E-state index is 0.118. The third kappa shape index (κ3) is 2.86. The molecule has 2 N–H and O–H groups in total. The average molecular weight is 233 g/mol. The van der Waals surface area contributed by atoms with E-state index in [4.69, 9.17) is 10.5 Å². The van der Waals surface area contributed by atoms with Crippen LogP contribution in [0.4, 0.5) is 0 Å². The number of benzene rings is 1. The summed E-state index contributed by atoms with van der Waals surface area (Å²) < 4.78 is 4.94. The summed E-state index contributed by atoms with van der Waals surface area (Å²) in [5.74, 6) is -0.118. The van der Waals surface area contributed by atoms with Gasteiger partial charge < -0.3 is 10.5 Å². The number of hydrogen-bond acceptors (Lipinski definition) is 3. The molecule has 17 heavy (non-hydrogen) atoms. The van der Waals surface area contributed by atoms with E-state index in [-0.39, 0.29) is 12.0 Å². The molecule has 1 unspecified atom stereocenters. The maximum Gasteiger partial charge on any atom is 0.306 e. The lowest BCUT2D eigenvalue weighted by molar-refractivity contribution is -0.143. The minimum atomic E-state index is -0.118. The number of esters is 1. The molecule has 2 rings (SSSR count). The van der Waals surface area contributed by atoms with Gasteiger partial charge in [-0.25, -0.2) is 0 Å². The first-order valence-corrected chi connectivity index (χ1v) is 6.21. The second-order valence-electron chi connectivity index (χ2n) is 4.53. The summed E-state index contributed by atoms with van der Waals surface area (Å²) in [7, 11) is 0. The number of fused-ring (bicyclic) bond motifs is 1. The molecular weight excluding hydrogens is 214 g/mol. The minimum Gasteiger partial charge on any atom is -0.466 e. The van der Waals surface area contributed by atoms with Crippen LogP contribution in [0, 0.1) is 0 Å². The highest BCUT2D eigenvalue weighted by Gasteiger charge is 2.20. The number of aryl methyl sites for hydroxylation is 1. The van der Waals surface area contributed by atoms with Gasteiger partial charge in [-0.3, -0.25) is 4.79 Å². The van der Waals surface area contributed by atoms with Crippen LogP contribution in [0.15, 0.2) is 18.2 Å². The van der Waals surface area contributed by atoms with Crippen LogP contribution in [0.3, 0.4) is 0 Å². The maximum absolute atomic E-state index is 11.3. The van der Waals surface area contributed by atoms with Gasteiger partial charge in [0.1, 0.15) is 0 Å². The van der Waals surface area contributed by atoms with Crippen molar-refractivity contribution in [2.45, 2.75) is 38.6 Å². The van der Waals surface area contributed by atoms with Crippen molar-refractivity contribution in [1.82, 2.24) is 0 Å². The molecule has 0 saturated heterocycles. The molecule has 0 aliphatic heterocycles. The van der Waals surface area contributed by atoms with Crippen molar-refractivity contribution < 1.29 is 9.53 Å². The van der Waals surface area contributed by atoms with E-state index in [1.807, 2.05) is 6.92 Å². The van der Waals surface area contributed by atoms with Gasteiger partial charge in [-0.05, 0) is 42.9 Å². The molecule has 0 bridgehead atoms. The molecule has 0 spiro atoms. The molecule has 3 nitrogen and oxygen atoms in total. The second-order valence-corrected chi connectivity index (χ2v) is 4.53. The van der Waals surface area contributed by atoms with Crippen molar-refractivity contribution in [1.29, 1.82) is 0 Å². The molecule has 0 aromatic heterocycles. The average Bonchev–Trinajstić information content (AvgIpc) is 2.67. The van der Waals surface area contributed by atoms with Gasteiger partial charge in [-0.1, -0.05) is 18.2 Å². The molecule has 0 amide bonds. The van der Waals surface area contributed by atoms with Gasteiger partial charge in [0.15, 0.2) is 0 Å². The van der Waals surface area contributed by atoms with E-state index >= 15 is 0 Å². The molecule has 0 saturated carbocycles. The van der Waals surface area contributed by atoms with Crippen LogP contribution in [0.5, 0.6) is 0 Å². The van der Waals surface area contributed by atoms with Gasteiger partial charge in [0.25, 0.3) is 0 Å². The standard InChI is InChI=1S/C14H19NO2/c1-2-17-14(16)7-6-10-4-3-5-11-8-12(15)9-13(10)11/h3-5,12H,2,6-9,15H2,1H3. The summed E-state index contributed by atoms with van der Waals surface area (Å²) in [5, 5.41) is 0. The number of carbonyl (C=O) groups excluding carboxylic acids is 1. The molecule has 3 heteroatoms. The molecule has 0 heterocycles. The Balaban J connectivity index is 2.03. The zero-order valence-corrected chi connectivity index (χ0v) is 10.2. The molecule has 1 aliphatic carbocycles. The highest BCUT2D eigenvalue weighted by Crippen LogP contribution is 2.25. The monoisotopic (exact) mass is 233 g/mol. The smallest absolute Gasteiger partial charge is 0.306 e. The quantitative estimate of drug-likeness (QED) is 0.804. The van der Waals surface area contributed by atoms with E-state index < -0.39 is 0 Å². The SMILES string of the molecule is CCOC(=O)CCc1cccc2c1CC(N)C2. The topological polar surface area (TPSA) is 52.3 Å². The largest absolute Gasteiger partial charge is 0.466 e. The summed E-state index contributed by atoms with van der Waals surface area (Å²) in [5.41, 5.74) is 9.92. The summed E-state index contributed by atoms with van der Waals surface area (Å²) in [6, 6.07) is 6.53. The first kappa shape index (κ1) is 12.1. The Bertz CT molecular complexity index is 415. The first-order valence-electron chi connectivity index (χ1n) is 6.21. The summed E-state index contributed by atoms with van der Waals surface area (Å²) in [6.45, 7) is 2.29. The lowest BCUT2D eigenvalue weighted by atomic mass is 9.99. The van der Waals surface area contributed by atoms with Crippen LogP contribution >= 0.6 is 0 Å². The molecule has 1 aliphatic rings. The number of ether oxygens (including phenoxy) is 1. The number of carbonyl (C=O) groups is 1. The van der Waals surface area contributed by atoms with Crippen LogP contribution in [0.1, 0.15) is 30.0 Å². The van der Waals surface area contributed by atoms with Crippen LogP contribution in [-0.4, -0.2) is 18.6 Å². The van der Waals surface area contributed by atoms with Crippen molar-refractivity contribution in [2.24, 2.45) is 5.73 Å². The molecule has 1 atom stereocenters. The van der Waals surface area contributed by atoms with Crippen molar-refractivity contribution in [3.63, 3.8) is 0 Å². The van der Waals surface area contributed by atoms with Gasteiger partial charge in [0.05, 0.1) is 6.61 Å². The highest BCUT2D eigenvalue weighted by molar-refractivity contribution is 5.69. The van der Waals surface area contributed by atoms with Crippen molar-refractivity contribution >= 4 is 5.97 Å². The fourth-order valence-corrected chi connectivity index (χ4v) is 2.46.